The molecule has 0 saturated heterocycles. The number of hydrogen-bond donors (Lipinski definition) is 1. The third-order valence-electron chi connectivity index (χ3n) is 4.86. The summed E-state index contributed by atoms with van der Waals surface area (Å²) in [6, 6.07) is 14.9. The Balaban J connectivity index is 1.52. The molecule has 0 atom stereocenters. The second-order valence-corrected chi connectivity index (χ2v) is 7.36. The number of aryl methyl sites for hydroxylation is 1. The van der Waals surface area contributed by atoms with Crippen molar-refractivity contribution in [3.8, 4) is 5.69 Å². The lowest BCUT2D eigenvalue weighted by Crippen LogP contribution is -2.16. The van der Waals surface area contributed by atoms with Gasteiger partial charge in [0, 0.05) is 45.2 Å². The quantitative estimate of drug-likeness (QED) is 0.265. The molecule has 4 rings (SSSR count). The molecule has 0 bridgehead atoms. The van der Waals surface area contributed by atoms with Gasteiger partial charge in [0.2, 0.25) is 0 Å². The lowest BCUT2D eigenvalue weighted by atomic mass is 10.2. The van der Waals surface area contributed by atoms with Crippen LogP contribution in [0.25, 0.3) is 16.7 Å². The predicted octanol–water partition coefficient (Wildman–Crippen LogP) is 5.17. The van der Waals surface area contributed by atoms with Crippen LogP contribution >= 0.6 is 11.6 Å². The molecule has 1 N–H and O–H groups in total. The molecule has 0 aliphatic rings. The van der Waals surface area contributed by atoms with Gasteiger partial charge in [0.25, 0.3) is 5.69 Å². The highest BCUT2D eigenvalue weighted by molar-refractivity contribution is 6.31. The van der Waals surface area contributed by atoms with Gasteiger partial charge in [0.15, 0.2) is 5.76 Å². The van der Waals surface area contributed by atoms with Crippen molar-refractivity contribution in [3.05, 3.63) is 92.4 Å². The Morgan fingerprint density at radius 1 is 1.16 bits per heavy atom. The summed E-state index contributed by atoms with van der Waals surface area (Å²) in [5, 5.41) is 16.2. The highest BCUT2D eigenvalue weighted by Crippen LogP contribution is 2.24. The number of nitrogens with zero attached hydrogens (tertiary/aromatic N) is 3. The molecule has 0 aliphatic carbocycles. The summed E-state index contributed by atoms with van der Waals surface area (Å²) < 4.78 is 7.48. The van der Waals surface area contributed by atoms with Crippen molar-refractivity contribution in [3.63, 3.8) is 0 Å². The average molecular weight is 437 g/mol. The number of nitrogens with one attached hydrogen (secondary N) is 1. The maximum atomic E-state index is 12.3. The first kappa shape index (κ1) is 20.4. The number of benzene rings is 2. The van der Waals surface area contributed by atoms with Crippen molar-refractivity contribution in [1.29, 1.82) is 0 Å². The molecule has 156 valence electrons. The number of nitro groups is 1. The number of aromatic nitrogens is 1. The van der Waals surface area contributed by atoms with Crippen LogP contribution in [0.2, 0.25) is 5.02 Å². The molecule has 0 unspecified atom stereocenters. The number of rotatable bonds is 5. The van der Waals surface area contributed by atoms with Crippen LogP contribution in [0.1, 0.15) is 27.5 Å². The molecule has 0 spiro atoms. The summed E-state index contributed by atoms with van der Waals surface area (Å²) in [4.78, 5) is 22.8. The number of furan rings is 1. The number of hydrazone groups is 1. The molecule has 0 aliphatic heterocycles. The molecule has 2 aromatic carbocycles. The van der Waals surface area contributed by atoms with Crippen molar-refractivity contribution >= 4 is 40.4 Å². The van der Waals surface area contributed by atoms with Gasteiger partial charge < -0.3 is 8.98 Å². The molecule has 0 saturated carbocycles. The smallest absolute Gasteiger partial charge is 0.307 e. The van der Waals surface area contributed by atoms with Crippen molar-refractivity contribution in [2.45, 2.75) is 13.8 Å². The fraction of sp³-hybridized carbons (Fsp3) is 0.0909. The van der Waals surface area contributed by atoms with Gasteiger partial charge in [0.1, 0.15) is 5.58 Å². The maximum Gasteiger partial charge on any atom is 0.307 e. The van der Waals surface area contributed by atoms with E-state index in [0.29, 0.717) is 10.6 Å². The number of nitro benzene ring substituents is 1. The Labute approximate surface area is 181 Å². The van der Waals surface area contributed by atoms with Crippen molar-refractivity contribution in [2.75, 3.05) is 0 Å². The summed E-state index contributed by atoms with van der Waals surface area (Å²) in [5.74, 6) is -0.349. The predicted molar refractivity (Wildman–Crippen MR) is 118 cm³/mol. The minimum atomic E-state index is -0.479. The van der Waals surface area contributed by atoms with E-state index in [-0.39, 0.29) is 11.4 Å². The summed E-state index contributed by atoms with van der Waals surface area (Å²) >= 11 is 5.96. The molecule has 2 heterocycles. The van der Waals surface area contributed by atoms with Crippen LogP contribution in [0.3, 0.4) is 0 Å². The van der Waals surface area contributed by atoms with Crippen LogP contribution in [0.4, 0.5) is 5.69 Å². The van der Waals surface area contributed by atoms with Gasteiger partial charge >= 0.3 is 5.91 Å². The van der Waals surface area contributed by atoms with Crippen LogP contribution in [0, 0.1) is 24.0 Å². The first-order chi connectivity index (χ1) is 14.8. The normalized spacial score (nSPS) is 11.3. The zero-order chi connectivity index (χ0) is 22.1. The molecule has 2 aromatic heterocycles. The molecule has 0 radical (unpaired) electrons. The van der Waals surface area contributed by atoms with Crippen LogP contribution in [0.15, 0.2) is 64.1 Å². The van der Waals surface area contributed by atoms with Gasteiger partial charge in [-0.15, -0.1) is 0 Å². The standard InChI is InChI=1S/C22H17ClN4O4/c1-13-9-16(14(2)26(13)18-4-6-19(7-5-18)27(29)30)12-24-25-22(28)21-11-15-10-17(23)3-8-20(15)31-21/h3-12H,1-2H3,(H,25,28)/b24-12-. The van der Waals surface area contributed by atoms with Gasteiger partial charge in [-0.3, -0.25) is 14.9 Å². The zero-order valence-electron chi connectivity index (χ0n) is 16.6. The molecular weight excluding hydrogens is 420 g/mol. The number of amides is 1. The molecule has 4 aromatic rings. The van der Waals surface area contributed by atoms with E-state index in [1.54, 1.807) is 42.6 Å². The molecule has 1 amide bonds. The van der Waals surface area contributed by atoms with Crippen LogP contribution in [-0.2, 0) is 0 Å². The number of carbonyl (C=O) groups is 1. The van der Waals surface area contributed by atoms with Gasteiger partial charge in [-0.1, -0.05) is 11.6 Å². The van der Waals surface area contributed by atoms with E-state index in [4.69, 9.17) is 16.0 Å². The fourth-order valence-corrected chi connectivity index (χ4v) is 3.56. The third-order valence-corrected chi connectivity index (χ3v) is 5.10. The maximum absolute atomic E-state index is 12.3. The topological polar surface area (TPSA) is 103 Å². The largest absolute Gasteiger partial charge is 0.451 e. The van der Waals surface area contributed by atoms with Crippen molar-refractivity contribution < 1.29 is 14.1 Å². The highest BCUT2D eigenvalue weighted by atomic mass is 35.5. The zero-order valence-corrected chi connectivity index (χ0v) is 17.4. The fourth-order valence-electron chi connectivity index (χ4n) is 3.38. The molecule has 8 nitrogen and oxygen atoms in total. The summed E-state index contributed by atoms with van der Waals surface area (Å²) in [7, 11) is 0. The Kier molecular flexibility index (Phi) is 5.31. The lowest BCUT2D eigenvalue weighted by Gasteiger charge is -2.09. The Hall–Kier alpha value is -3.91. The van der Waals surface area contributed by atoms with Gasteiger partial charge in [-0.05, 0) is 56.3 Å². The highest BCUT2D eigenvalue weighted by Gasteiger charge is 2.13. The van der Waals surface area contributed by atoms with Gasteiger partial charge in [-0.2, -0.15) is 5.10 Å². The number of non-ortho nitro benzene ring substituents is 1. The van der Waals surface area contributed by atoms with Crippen LogP contribution < -0.4 is 5.43 Å². The molecule has 9 heteroatoms. The van der Waals surface area contributed by atoms with E-state index in [1.165, 1.54) is 12.1 Å². The number of fused-ring (bicyclic) bond motifs is 1. The Morgan fingerprint density at radius 3 is 2.61 bits per heavy atom. The first-order valence-corrected chi connectivity index (χ1v) is 9.67. The van der Waals surface area contributed by atoms with Crippen LogP contribution in [-0.4, -0.2) is 21.6 Å². The third kappa shape index (κ3) is 4.06. The van der Waals surface area contributed by atoms with Gasteiger partial charge in [-0.25, -0.2) is 5.43 Å². The molecule has 31 heavy (non-hydrogen) atoms. The molecular formula is C22H17ClN4O4. The first-order valence-electron chi connectivity index (χ1n) is 9.30. The van der Waals surface area contributed by atoms with Crippen molar-refractivity contribution in [2.24, 2.45) is 5.10 Å². The van der Waals surface area contributed by atoms with Crippen LogP contribution in [0.5, 0.6) is 0 Å². The second kappa shape index (κ2) is 8.08. The number of carbonyl (C=O) groups excluding carboxylic acids is 1. The van der Waals surface area contributed by atoms with Crippen molar-refractivity contribution in [1.82, 2.24) is 9.99 Å². The van der Waals surface area contributed by atoms with E-state index in [9.17, 15) is 14.9 Å². The van der Waals surface area contributed by atoms with Gasteiger partial charge in [0.05, 0.1) is 11.1 Å². The molecule has 0 fully saturated rings. The number of hydrogen-bond acceptors (Lipinski definition) is 5. The van der Waals surface area contributed by atoms with E-state index in [1.807, 2.05) is 24.5 Å². The Bertz CT molecular complexity index is 1340. The number of halogens is 1. The monoisotopic (exact) mass is 436 g/mol. The summed E-state index contributed by atoms with van der Waals surface area (Å²) in [6.07, 6.45) is 1.54. The van der Waals surface area contributed by atoms with E-state index >= 15 is 0 Å². The minimum absolute atomic E-state index is 0.0311. The second-order valence-electron chi connectivity index (χ2n) is 6.93. The minimum Gasteiger partial charge on any atom is -0.451 e. The summed E-state index contributed by atoms with van der Waals surface area (Å²) in [6.45, 7) is 3.82. The van der Waals surface area contributed by atoms with E-state index in [2.05, 4.69) is 10.5 Å². The lowest BCUT2D eigenvalue weighted by molar-refractivity contribution is -0.384. The average Bonchev–Trinajstić information content (AvgIpc) is 3.28. The SMILES string of the molecule is Cc1cc(/C=N\NC(=O)c2cc3cc(Cl)ccc3o2)c(C)n1-c1ccc([N+](=O)[O-])cc1. The van der Waals surface area contributed by atoms with E-state index < -0.39 is 10.8 Å². The van der Waals surface area contributed by atoms with E-state index in [0.717, 1.165) is 28.0 Å². The Morgan fingerprint density at radius 2 is 1.90 bits per heavy atom. The summed E-state index contributed by atoms with van der Waals surface area (Å²) in [5.41, 5.74) is 6.45.